The van der Waals surface area contributed by atoms with E-state index in [-0.39, 0.29) is 11.8 Å². The number of aromatic amines is 1. The van der Waals surface area contributed by atoms with Crippen LogP contribution in [0.25, 0.3) is 33.8 Å². The molecule has 2 aromatic heterocycles. The zero-order valence-corrected chi connectivity index (χ0v) is 20.7. The van der Waals surface area contributed by atoms with Gasteiger partial charge in [-0.2, -0.15) is 5.10 Å². The van der Waals surface area contributed by atoms with E-state index in [4.69, 9.17) is 4.42 Å². The lowest BCUT2D eigenvalue weighted by atomic mass is 9.69. The lowest BCUT2D eigenvalue weighted by molar-refractivity contribution is -0.124. The van der Waals surface area contributed by atoms with Crippen LogP contribution in [0.2, 0.25) is 0 Å². The fraction of sp³-hybridized carbons (Fsp3) is 0.433. The third kappa shape index (κ3) is 4.69. The first-order valence-corrected chi connectivity index (χ1v) is 13.6. The molecule has 0 radical (unpaired) electrons. The summed E-state index contributed by atoms with van der Waals surface area (Å²) in [6.45, 7) is 0. The normalized spacial score (nSPS) is 17.6. The second-order valence-electron chi connectivity index (χ2n) is 10.5. The molecule has 0 saturated heterocycles. The highest BCUT2D eigenvalue weighted by atomic mass is 16.3. The van der Waals surface area contributed by atoms with Crippen molar-refractivity contribution in [2.24, 2.45) is 17.8 Å². The molecule has 0 atom stereocenters. The molecule has 0 bridgehead atoms. The molecule has 6 rings (SSSR count). The van der Waals surface area contributed by atoms with Gasteiger partial charge < -0.3 is 9.73 Å². The monoisotopic (exact) mass is 482 g/mol. The van der Waals surface area contributed by atoms with Crippen molar-refractivity contribution < 1.29 is 9.21 Å². The van der Waals surface area contributed by atoms with Crippen LogP contribution in [-0.4, -0.2) is 21.1 Å². The number of carbonyl (C=O) groups is 1. The summed E-state index contributed by atoms with van der Waals surface area (Å²) in [4.78, 5) is 18.2. The molecule has 1 amide bonds. The second kappa shape index (κ2) is 10.3. The summed E-state index contributed by atoms with van der Waals surface area (Å²) >= 11 is 0. The molecule has 0 spiro atoms. The summed E-state index contributed by atoms with van der Waals surface area (Å²) in [6.07, 6.45) is 14.3. The van der Waals surface area contributed by atoms with E-state index in [0.29, 0.717) is 17.7 Å². The van der Waals surface area contributed by atoms with Crippen LogP contribution in [0.4, 0.5) is 5.69 Å². The van der Waals surface area contributed by atoms with Gasteiger partial charge in [-0.25, -0.2) is 4.98 Å². The number of hydrogen-bond donors (Lipinski definition) is 2. The van der Waals surface area contributed by atoms with Gasteiger partial charge >= 0.3 is 0 Å². The van der Waals surface area contributed by atoms with Crippen molar-refractivity contribution in [2.75, 3.05) is 5.32 Å². The number of oxazole rings is 1. The topological polar surface area (TPSA) is 83.8 Å². The number of anilines is 1. The van der Waals surface area contributed by atoms with Crippen molar-refractivity contribution >= 4 is 22.7 Å². The van der Waals surface area contributed by atoms with E-state index in [1.54, 1.807) is 0 Å². The first kappa shape index (κ1) is 23.0. The summed E-state index contributed by atoms with van der Waals surface area (Å²) in [7, 11) is 0. The summed E-state index contributed by atoms with van der Waals surface area (Å²) in [5.41, 5.74) is 4.97. The molecular formula is C30H34N4O2. The highest BCUT2D eigenvalue weighted by molar-refractivity contribution is 5.93. The van der Waals surface area contributed by atoms with Crippen LogP contribution < -0.4 is 5.32 Å². The number of fused-ring (bicyclic) bond motifs is 1. The Kier molecular flexibility index (Phi) is 6.58. The summed E-state index contributed by atoms with van der Waals surface area (Å²) in [5.74, 6) is 1.96. The molecule has 2 heterocycles. The number of para-hydroxylation sites is 2. The van der Waals surface area contributed by atoms with Gasteiger partial charge in [0.25, 0.3) is 0 Å². The Morgan fingerprint density at radius 3 is 2.22 bits per heavy atom. The van der Waals surface area contributed by atoms with Crippen LogP contribution in [-0.2, 0) is 4.79 Å². The average molecular weight is 483 g/mol. The number of amides is 1. The van der Waals surface area contributed by atoms with Crippen molar-refractivity contribution in [3.8, 4) is 22.7 Å². The molecule has 186 valence electrons. The fourth-order valence-corrected chi connectivity index (χ4v) is 6.40. The lowest BCUT2D eigenvalue weighted by Crippen LogP contribution is -2.37. The molecule has 2 aliphatic rings. The molecule has 2 saturated carbocycles. The maximum Gasteiger partial charge on any atom is 0.231 e. The van der Waals surface area contributed by atoms with Crippen LogP contribution in [0, 0.1) is 17.8 Å². The summed E-state index contributed by atoms with van der Waals surface area (Å²) in [5, 5.41) is 10.7. The van der Waals surface area contributed by atoms with Crippen molar-refractivity contribution in [3.05, 3.63) is 54.7 Å². The van der Waals surface area contributed by atoms with Crippen LogP contribution >= 0.6 is 0 Å². The molecule has 4 aromatic rings. The van der Waals surface area contributed by atoms with Crippen LogP contribution in [0.5, 0.6) is 0 Å². The molecule has 0 unspecified atom stereocenters. The zero-order valence-electron chi connectivity index (χ0n) is 20.7. The van der Waals surface area contributed by atoms with Gasteiger partial charge in [0, 0.05) is 23.4 Å². The molecular weight excluding hydrogens is 448 g/mol. The van der Waals surface area contributed by atoms with Gasteiger partial charge in [-0.15, -0.1) is 0 Å². The van der Waals surface area contributed by atoms with Gasteiger partial charge in [-0.3, -0.25) is 9.89 Å². The molecule has 2 N–H and O–H groups in total. The quantitative estimate of drug-likeness (QED) is 0.296. The smallest absolute Gasteiger partial charge is 0.231 e. The molecule has 6 heteroatoms. The number of nitrogens with zero attached hydrogens (tertiary/aromatic N) is 2. The number of H-pyrrole nitrogens is 1. The van der Waals surface area contributed by atoms with Gasteiger partial charge in [0.1, 0.15) is 11.2 Å². The van der Waals surface area contributed by atoms with E-state index in [2.05, 4.69) is 20.5 Å². The second-order valence-corrected chi connectivity index (χ2v) is 10.5. The first-order valence-electron chi connectivity index (χ1n) is 13.6. The van der Waals surface area contributed by atoms with E-state index < -0.39 is 0 Å². The minimum absolute atomic E-state index is 0.141. The maximum atomic E-state index is 13.6. The number of hydrogen-bond acceptors (Lipinski definition) is 4. The third-order valence-electron chi connectivity index (χ3n) is 8.21. The summed E-state index contributed by atoms with van der Waals surface area (Å²) < 4.78 is 5.96. The first-order chi connectivity index (χ1) is 17.8. The van der Waals surface area contributed by atoms with Crippen molar-refractivity contribution in [1.29, 1.82) is 0 Å². The van der Waals surface area contributed by atoms with E-state index in [1.165, 1.54) is 64.2 Å². The Bertz CT molecular complexity index is 1260. The van der Waals surface area contributed by atoms with Gasteiger partial charge in [0.2, 0.25) is 11.8 Å². The molecule has 0 aliphatic heterocycles. The number of aromatic nitrogens is 3. The molecule has 2 aliphatic carbocycles. The number of carbonyl (C=O) groups excluding carboxylic acids is 1. The average Bonchev–Trinajstić information content (AvgIpc) is 3.58. The Morgan fingerprint density at radius 1 is 0.889 bits per heavy atom. The van der Waals surface area contributed by atoms with E-state index in [1.807, 2.05) is 54.7 Å². The van der Waals surface area contributed by atoms with Crippen molar-refractivity contribution in [2.45, 2.75) is 64.2 Å². The Balaban J connectivity index is 1.20. The highest BCUT2D eigenvalue weighted by Crippen LogP contribution is 2.41. The van der Waals surface area contributed by atoms with Crippen LogP contribution in [0.15, 0.2) is 59.1 Å². The number of benzene rings is 2. The molecule has 6 nitrogen and oxygen atoms in total. The van der Waals surface area contributed by atoms with Crippen molar-refractivity contribution in [3.63, 3.8) is 0 Å². The summed E-state index contributed by atoms with van der Waals surface area (Å²) in [6, 6.07) is 15.7. The highest BCUT2D eigenvalue weighted by Gasteiger charge is 2.36. The Morgan fingerprint density at radius 2 is 1.56 bits per heavy atom. The maximum absolute atomic E-state index is 13.6. The minimum Gasteiger partial charge on any atom is -0.436 e. The van der Waals surface area contributed by atoms with E-state index in [0.717, 1.165) is 33.6 Å². The van der Waals surface area contributed by atoms with Crippen LogP contribution in [0.1, 0.15) is 64.2 Å². The third-order valence-corrected chi connectivity index (χ3v) is 8.21. The molecule has 2 aromatic carbocycles. The van der Waals surface area contributed by atoms with Gasteiger partial charge in [0.05, 0.1) is 5.56 Å². The standard InChI is InChI=1S/C30H34N4O2/c35-29(27(20-9-3-1-4-10-20)21-11-5-2-6-12-21)32-23-17-15-22(16-18-23)28-24(19-31-34-28)30-33-25-13-7-8-14-26(25)36-30/h7-8,13-21,27H,1-6,9-12H2,(H,31,34)(H,32,35). The number of rotatable bonds is 6. The van der Waals surface area contributed by atoms with Crippen LogP contribution in [0.3, 0.4) is 0 Å². The predicted octanol–water partition coefficient (Wildman–Crippen LogP) is 7.60. The Labute approximate surface area is 211 Å². The zero-order chi connectivity index (χ0) is 24.3. The number of nitrogens with one attached hydrogen (secondary N) is 2. The molecule has 36 heavy (non-hydrogen) atoms. The van der Waals surface area contributed by atoms with Gasteiger partial charge in [0.15, 0.2) is 5.58 Å². The van der Waals surface area contributed by atoms with Gasteiger partial charge in [-0.05, 0) is 61.8 Å². The predicted molar refractivity (Wildman–Crippen MR) is 142 cm³/mol. The Hall–Kier alpha value is -3.41. The largest absolute Gasteiger partial charge is 0.436 e. The van der Waals surface area contributed by atoms with E-state index >= 15 is 0 Å². The SMILES string of the molecule is O=C(Nc1ccc(-c2n[nH]cc2-c2nc3ccccc3o2)cc1)C(C1CCCCC1)C1CCCCC1. The fourth-order valence-electron chi connectivity index (χ4n) is 6.40. The van der Waals surface area contributed by atoms with Gasteiger partial charge in [-0.1, -0.05) is 62.8 Å². The minimum atomic E-state index is 0.141. The molecule has 2 fully saturated rings. The van der Waals surface area contributed by atoms with Crippen molar-refractivity contribution in [1.82, 2.24) is 15.2 Å². The lowest BCUT2D eigenvalue weighted by Gasteiger charge is -2.36. The van der Waals surface area contributed by atoms with E-state index in [9.17, 15) is 4.79 Å².